The summed E-state index contributed by atoms with van der Waals surface area (Å²) in [7, 11) is 0. The molecule has 0 aliphatic rings. The molecular weight excluding hydrogens is 458 g/mol. The van der Waals surface area contributed by atoms with Crippen molar-refractivity contribution in [2.24, 2.45) is 0 Å². The summed E-state index contributed by atoms with van der Waals surface area (Å²) in [5, 5.41) is 3.69. The maximum absolute atomic E-state index is 12.3. The summed E-state index contributed by atoms with van der Waals surface area (Å²) in [4.78, 5) is 17.1. The highest BCUT2D eigenvalue weighted by molar-refractivity contribution is 6.30. The lowest BCUT2D eigenvalue weighted by Gasteiger charge is -2.15. The third kappa shape index (κ3) is 6.64. The molecule has 4 rings (SSSR count). The van der Waals surface area contributed by atoms with Crippen LogP contribution in [0.15, 0.2) is 72.8 Å². The number of hydrogen-bond acceptors (Lipinski definition) is 3. The van der Waals surface area contributed by atoms with Gasteiger partial charge in [-0.3, -0.25) is 4.79 Å². The zero-order chi connectivity index (χ0) is 24.6. The molecule has 4 aromatic rings. The Bertz CT molecular complexity index is 1260. The lowest BCUT2D eigenvalue weighted by atomic mass is 10.0. The molecule has 5 nitrogen and oxygen atoms in total. The number of amides is 1. The van der Waals surface area contributed by atoms with Crippen LogP contribution in [0.4, 0.5) is 0 Å². The minimum atomic E-state index is 0.0121. The molecule has 0 atom stereocenters. The van der Waals surface area contributed by atoms with Crippen molar-refractivity contribution in [1.82, 2.24) is 14.9 Å². The van der Waals surface area contributed by atoms with Crippen molar-refractivity contribution in [2.45, 2.75) is 45.6 Å². The second-order valence-electron chi connectivity index (χ2n) is 8.97. The number of fused-ring (bicyclic) bond motifs is 1. The number of halogens is 1. The minimum absolute atomic E-state index is 0.0121. The zero-order valence-corrected chi connectivity index (χ0v) is 21.1. The second kappa shape index (κ2) is 11.9. The van der Waals surface area contributed by atoms with Gasteiger partial charge in [0, 0.05) is 18.0 Å². The van der Waals surface area contributed by atoms with E-state index < -0.39 is 0 Å². The minimum Gasteiger partial charge on any atom is -0.491 e. The van der Waals surface area contributed by atoms with Crippen LogP contribution in [0.5, 0.6) is 5.75 Å². The van der Waals surface area contributed by atoms with Gasteiger partial charge < -0.3 is 14.6 Å². The number of ether oxygens (including phenoxy) is 1. The van der Waals surface area contributed by atoms with Crippen molar-refractivity contribution in [3.8, 4) is 5.75 Å². The molecule has 35 heavy (non-hydrogen) atoms. The van der Waals surface area contributed by atoms with Gasteiger partial charge in [-0.15, -0.1) is 0 Å². The lowest BCUT2D eigenvalue weighted by molar-refractivity contribution is -0.120. The van der Waals surface area contributed by atoms with Gasteiger partial charge in [0.25, 0.3) is 0 Å². The van der Waals surface area contributed by atoms with Gasteiger partial charge in [-0.05, 0) is 53.8 Å². The Balaban J connectivity index is 1.34. The standard InChI is InChI=1S/C29H32ClN3O2/c1-21(2)24-8-3-6-11-27(24)35-19-18-33-26-10-5-4-9-25(26)32-28(33)12-7-17-31-29(34)20-22-13-15-23(30)16-14-22/h3-6,8-11,13-16,21H,7,12,17-20H2,1-2H3,(H,31,34). The predicted octanol–water partition coefficient (Wildman–Crippen LogP) is 6.18. The Morgan fingerprint density at radius 3 is 2.57 bits per heavy atom. The molecule has 1 amide bonds. The number of carbonyl (C=O) groups excluding carboxylic acids is 1. The molecule has 0 unspecified atom stereocenters. The number of carbonyl (C=O) groups is 1. The summed E-state index contributed by atoms with van der Waals surface area (Å²) in [5.41, 5.74) is 4.26. The van der Waals surface area contributed by atoms with Crippen LogP contribution in [0.2, 0.25) is 5.02 Å². The van der Waals surface area contributed by atoms with Crippen LogP contribution >= 0.6 is 11.6 Å². The largest absolute Gasteiger partial charge is 0.491 e. The van der Waals surface area contributed by atoms with Gasteiger partial charge in [-0.1, -0.05) is 67.9 Å². The fraction of sp³-hybridized carbons (Fsp3) is 0.310. The third-order valence-electron chi connectivity index (χ3n) is 6.02. The van der Waals surface area contributed by atoms with E-state index >= 15 is 0 Å². The van der Waals surface area contributed by atoms with E-state index in [0.29, 0.717) is 37.1 Å². The van der Waals surface area contributed by atoms with E-state index in [1.54, 1.807) is 12.1 Å². The van der Waals surface area contributed by atoms with Gasteiger partial charge in [0.1, 0.15) is 18.2 Å². The van der Waals surface area contributed by atoms with Crippen molar-refractivity contribution < 1.29 is 9.53 Å². The van der Waals surface area contributed by atoms with Crippen molar-refractivity contribution in [3.63, 3.8) is 0 Å². The molecule has 0 saturated heterocycles. The molecule has 0 aliphatic heterocycles. The van der Waals surface area contributed by atoms with E-state index in [9.17, 15) is 4.79 Å². The Hall–Kier alpha value is -3.31. The average Bonchev–Trinajstić information content (AvgIpc) is 3.21. The number of benzene rings is 3. The van der Waals surface area contributed by atoms with E-state index in [2.05, 4.69) is 41.9 Å². The highest BCUT2D eigenvalue weighted by atomic mass is 35.5. The number of imidazole rings is 1. The molecule has 0 saturated carbocycles. The van der Waals surface area contributed by atoms with Crippen molar-refractivity contribution in [1.29, 1.82) is 0 Å². The van der Waals surface area contributed by atoms with Crippen molar-refractivity contribution in [3.05, 3.63) is 94.8 Å². The predicted molar refractivity (Wildman–Crippen MR) is 142 cm³/mol. The van der Waals surface area contributed by atoms with E-state index in [0.717, 1.165) is 41.0 Å². The highest BCUT2D eigenvalue weighted by Crippen LogP contribution is 2.26. The maximum atomic E-state index is 12.3. The second-order valence-corrected chi connectivity index (χ2v) is 9.40. The number of aryl methyl sites for hydroxylation is 1. The van der Waals surface area contributed by atoms with Gasteiger partial charge in [0.15, 0.2) is 0 Å². The quantitative estimate of drug-likeness (QED) is 0.256. The summed E-state index contributed by atoms with van der Waals surface area (Å²) in [6.45, 7) is 6.24. The fourth-order valence-corrected chi connectivity index (χ4v) is 4.35. The Kier molecular flexibility index (Phi) is 8.43. The monoisotopic (exact) mass is 489 g/mol. The first-order valence-corrected chi connectivity index (χ1v) is 12.6. The van der Waals surface area contributed by atoms with Gasteiger partial charge in [-0.25, -0.2) is 4.98 Å². The molecule has 0 spiro atoms. The number of para-hydroxylation sites is 3. The van der Waals surface area contributed by atoms with Gasteiger partial charge >= 0.3 is 0 Å². The van der Waals surface area contributed by atoms with Crippen LogP contribution in [-0.2, 0) is 24.2 Å². The number of nitrogens with zero attached hydrogens (tertiary/aromatic N) is 2. The van der Waals surface area contributed by atoms with Crippen LogP contribution in [0.1, 0.15) is 43.1 Å². The van der Waals surface area contributed by atoms with Gasteiger partial charge in [0.05, 0.1) is 24.0 Å². The summed E-state index contributed by atoms with van der Waals surface area (Å²) >= 11 is 5.92. The molecule has 0 fully saturated rings. The van der Waals surface area contributed by atoms with Crippen molar-refractivity contribution >= 4 is 28.5 Å². The fourth-order valence-electron chi connectivity index (χ4n) is 4.23. The third-order valence-corrected chi connectivity index (χ3v) is 6.28. The Labute approximate surface area is 212 Å². The SMILES string of the molecule is CC(C)c1ccccc1OCCn1c(CCCNC(=O)Cc2ccc(Cl)cc2)nc2ccccc21. The molecule has 1 heterocycles. The molecular formula is C29H32ClN3O2. The van der Waals surface area contributed by atoms with Crippen LogP contribution in [0.3, 0.4) is 0 Å². The zero-order valence-electron chi connectivity index (χ0n) is 20.3. The lowest BCUT2D eigenvalue weighted by Crippen LogP contribution is -2.26. The number of aromatic nitrogens is 2. The summed E-state index contributed by atoms with van der Waals surface area (Å²) in [6.07, 6.45) is 1.94. The Morgan fingerprint density at radius 2 is 1.77 bits per heavy atom. The van der Waals surface area contributed by atoms with Crippen LogP contribution in [0, 0.1) is 0 Å². The normalized spacial score (nSPS) is 11.2. The first kappa shape index (κ1) is 24.8. The topological polar surface area (TPSA) is 56.1 Å². The molecule has 6 heteroatoms. The number of hydrogen-bond donors (Lipinski definition) is 1. The molecule has 3 aromatic carbocycles. The molecule has 0 bridgehead atoms. The molecule has 182 valence electrons. The van der Waals surface area contributed by atoms with Crippen LogP contribution in [0.25, 0.3) is 11.0 Å². The van der Waals surface area contributed by atoms with E-state index in [1.807, 2.05) is 42.5 Å². The summed E-state index contributed by atoms with van der Waals surface area (Å²) < 4.78 is 8.42. The molecule has 1 aromatic heterocycles. The highest BCUT2D eigenvalue weighted by Gasteiger charge is 2.12. The van der Waals surface area contributed by atoms with E-state index in [1.165, 1.54) is 5.56 Å². The summed E-state index contributed by atoms with van der Waals surface area (Å²) in [5.74, 6) is 2.37. The van der Waals surface area contributed by atoms with E-state index in [-0.39, 0.29) is 5.91 Å². The molecule has 0 aliphatic carbocycles. The number of nitrogens with one attached hydrogen (secondary N) is 1. The van der Waals surface area contributed by atoms with Crippen LogP contribution < -0.4 is 10.1 Å². The Morgan fingerprint density at radius 1 is 1.03 bits per heavy atom. The van der Waals surface area contributed by atoms with Crippen molar-refractivity contribution in [2.75, 3.05) is 13.2 Å². The molecule has 0 radical (unpaired) electrons. The van der Waals surface area contributed by atoms with Gasteiger partial charge in [0.2, 0.25) is 5.91 Å². The van der Waals surface area contributed by atoms with E-state index in [4.69, 9.17) is 21.3 Å². The molecule has 1 N–H and O–H groups in total. The maximum Gasteiger partial charge on any atom is 0.224 e. The average molecular weight is 490 g/mol. The summed E-state index contributed by atoms with van der Waals surface area (Å²) in [6, 6.07) is 23.8. The van der Waals surface area contributed by atoms with Crippen LogP contribution in [-0.4, -0.2) is 28.6 Å². The van der Waals surface area contributed by atoms with Gasteiger partial charge in [-0.2, -0.15) is 0 Å². The first-order valence-electron chi connectivity index (χ1n) is 12.2. The smallest absolute Gasteiger partial charge is 0.224 e. The number of rotatable bonds is 11. The first-order chi connectivity index (χ1) is 17.0.